The number of benzene rings is 1. The molecule has 2 unspecified atom stereocenters. The summed E-state index contributed by atoms with van der Waals surface area (Å²) in [7, 11) is 0. The number of carbonyl (C=O) groups is 2. The minimum absolute atomic E-state index is 0.0386. The van der Waals surface area contributed by atoms with Gasteiger partial charge in [0, 0.05) is 24.6 Å². The van der Waals surface area contributed by atoms with Gasteiger partial charge in [-0.2, -0.15) is 0 Å². The first-order valence-electron chi connectivity index (χ1n) is 8.81. The van der Waals surface area contributed by atoms with Crippen LogP contribution in [-0.4, -0.2) is 23.8 Å². The van der Waals surface area contributed by atoms with Gasteiger partial charge in [-0.1, -0.05) is 20.3 Å². The maximum absolute atomic E-state index is 12.5. The highest BCUT2D eigenvalue weighted by Gasteiger charge is 2.44. The van der Waals surface area contributed by atoms with Gasteiger partial charge < -0.3 is 25.8 Å². The van der Waals surface area contributed by atoms with Gasteiger partial charge in [-0.15, -0.1) is 0 Å². The van der Waals surface area contributed by atoms with Crippen LogP contribution in [0.2, 0.25) is 0 Å². The second-order valence-corrected chi connectivity index (χ2v) is 6.84. The van der Waals surface area contributed by atoms with Crippen LogP contribution in [-0.2, 0) is 4.79 Å². The van der Waals surface area contributed by atoms with Crippen LogP contribution in [0, 0.1) is 5.92 Å². The van der Waals surface area contributed by atoms with Crippen molar-refractivity contribution < 1.29 is 19.1 Å². The lowest BCUT2D eigenvalue weighted by atomic mass is 9.98. The number of hydrogen-bond acceptors (Lipinski definition) is 4. The largest absolute Gasteiger partial charge is 0.448 e. The molecule has 0 radical (unpaired) electrons. The number of fused-ring (bicyclic) bond motifs is 1. The number of rotatable bonds is 5. The van der Waals surface area contributed by atoms with E-state index in [9.17, 15) is 9.59 Å². The van der Waals surface area contributed by atoms with Gasteiger partial charge in [-0.05, 0) is 30.9 Å². The second kappa shape index (κ2) is 6.82. The third kappa shape index (κ3) is 3.65. The number of nitrogens with one attached hydrogen (secondary N) is 2. The molecule has 0 aromatic heterocycles. The molecule has 25 heavy (non-hydrogen) atoms. The predicted octanol–water partition coefficient (Wildman–Crippen LogP) is 2.75. The highest BCUT2D eigenvalue weighted by molar-refractivity contribution is 5.97. The number of ether oxygens (including phenoxy) is 2. The topological polar surface area (TPSA) is 103 Å². The standard InChI is InChI=1S/C18H25N3O4/c1-3-11(2)15(21-17(19)23)16(22)20-12-6-7-13-14(10-12)25-18(24-13)8-4-5-9-18/h6-7,10-11,15H,3-5,8-9H2,1-2H3,(H,20,22)(H3,19,21,23). The van der Waals surface area contributed by atoms with E-state index in [2.05, 4.69) is 10.6 Å². The molecule has 2 atom stereocenters. The van der Waals surface area contributed by atoms with Gasteiger partial charge in [0.25, 0.3) is 5.79 Å². The number of anilines is 1. The summed E-state index contributed by atoms with van der Waals surface area (Å²) in [6.07, 6.45) is 4.67. The highest BCUT2D eigenvalue weighted by atomic mass is 16.7. The third-order valence-corrected chi connectivity index (χ3v) is 4.96. The minimum atomic E-state index is -0.714. The molecule has 1 fully saturated rings. The first kappa shape index (κ1) is 17.4. The molecule has 7 nitrogen and oxygen atoms in total. The van der Waals surface area contributed by atoms with Gasteiger partial charge in [-0.25, -0.2) is 4.79 Å². The minimum Gasteiger partial charge on any atom is -0.448 e. The molecule has 1 spiro atoms. The fourth-order valence-electron chi connectivity index (χ4n) is 3.36. The Hall–Kier alpha value is -2.44. The maximum atomic E-state index is 12.5. The summed E-state index contributed by atoms with van der Waals surface area (Å²) in [6, 6.07) is 3.94. The number of hydrogen-bond donors (Lipinski definition) is 3. The molecule has 136 valence electrons. The summed E-state index contributed by atoms with van der Waals surface area (Å²) in [6.45, 7) is 3.85. The predicted molar refractivity (Wildman–Crippen MR) is 93.5 cm³/mol. The Kier molecular flexibility index (Phi) is 4.74. The first-order valence-corrected chi connectivity index (χ1v) is 8.81. The van der Waals surface area contributed by atoms with Gasteiger partial charge in [-0.3, -0.25) is 4.79 Å². The van der Waals surface area contributed by atoms with E-state index in [1.807, 2.05) is 13.8 Å². The lowest BCUT2D eigenvalue weighted by Gasteiger charge is -2.22. The van der Waals surface area contributed by atoms with Crippen LogP contribution in [0.4, 0.5) is 10.5 Å². The fourth-order valence-corrected chi connectivity index (χ4v) is 3.36. The van der Waals surface area contributed by atoms with E-state index in [0.29, 0.717) is 17.2 Å². The van der Waals surface area contributed by atoms with Crippen molar-refractivity contribution in [1.29, 1.82) is 0 Å². The number of primary amides is 1. The summed E-state index contributed by atoms with van der Waals surface area (Å²) < 4.78 is 12.0. The van der Waals surface area contributed by atoms with Crippen molar-refractivity contribution >= 4 is 17.6 Å². The van der Waals surface area contributed by atoms with Crippen LogP contribution < -0.4 is 25.8 Å². The molecule has 1 aromatic carbocycles. The summed E-state index contributed by atoms with van der Waals surface area (Å²) in [5.74, 6) is 0.472. The summed E-state index contributed by atoms with van der Waals surface area (Å²) in [5, 5.41) is 5.34. The molecule has 0 bridgehead atoms. The number of nitrogens with two attached hydrogens (primary N) is 1. The molecule has 0 saturated heterocycles. The summed E-state index contributed by atoms with van der Waals surface area (Å²) >= 11 is 0. The lowest BCUT2D eigenvalue weighted by Crippen LogP contribution is -2.49. The molecular formula is C18H25N3O4. The van der Waals surface area contributed by atoms with Crippen LogP contribution in [0.15, 0.2) is 18.2 Å². The molecule has 3 amide bonds. The normalized spacial score (nSPS) is 19.4. The molecular weight excluding hydrogens is 322 g/mol. The summed E-state index contributed by atoms with van der Waals surface area (Å²) in [5.41, 5.74) is 5.79. The quantitative estimate of drug-likeness (QED) is 0.762. The van der Waals surface area contributed by atoms with E-state index < -0.39 is 17.9 Å². The van der Waals surface area contributed by atoms with Crippen LogP contribution in [0.3, 0.4) is 0 Å². The average Bonchev–Trinajstić information content (AvgIpc) is 3.17. The van der Waals surface area contributed by atoms with Crippen molar-refractivity contribution in [1.82, 2.24) is 5.32 Å². The first-order chi connectivity index (χ1) is 11.9. The van der Waals surface area contributed by atoms with Crippen molar-refractivity contribution in [2.45, 2.75) is 57.8 Å². The third-order valence-electron chi connectivity index (χ3n) is 4.96. The Morgan fingerprint density at radius 2 is 1.92 bits per heavy atom. The van der Waals surface area contributed by atoms with Crippen molar-refractivity contribution in [3.05, 3.63) is 18.2 Å². The average molecular weight is 347 g/mol. The van der Waals surface area contributed by atoms with Gasteiger partial charge >= 0.3 is 6.03 Å². The Balaban J connectivity index is 1.71. The van der Waals surface area contributed by atoms with E-state index in [1.165, 1.54) is 0 Å². The van der Waals surface area contributed by atoms with Crippen LogP contribution >= 0.6 is 0 Å². The molecule has 7 heteroatoms. The number of urea groups is 1. The second-order valence-electron chi connectivity index (χ2n) is 6.84. The van der Waals surface area contributed by atoms with Gasteiger partial charge in [0.15, 0.2) is 11.5 Å². The van der Waals surface area contributed by atoms with Crippen LogP contribution in [0.1, 0.15) is 46.0 Å². The molecule has 1 heterocycles. The summed E-state index contributed by atoms with van der Waals surface area (Å²) in [4.78, 5) is 23.7. The smallest absolute Gasteiger partial charge is 0.312 e. The monoisotopic (exact) mass is 347 g/mol. The van der Waals surface area contributed by atoms with Crippen molar-refractivity contribution in [3.63, 3.8) is 0 Å². The zero-order chi connectivity index (χ0) is 18.0. The van der Waals surface area contributed by atoms with Gasteiger partial charge in [0.05, 0.1) is 0 Å². The molecule has 2 aliphatic rings. The van der Waals surface area contributed by atoms with Crippen molar-refractivity contribution in [2.24, 2.45) is 11.7 Å². The Bertz CT molecular complexity index is 670. The van der Waals surface area contributed by atoms with Crippen molar-refractivity contribution in [2.75, 3.05) is 5.32 Å². The maximum Gasteiger partial charge on any atom is 0.312 e. The van der Waals surface area contributed by atoms with Gasteiger partial charge in [0.2, 0.25) is 5.91 Å². The molecule has 1 aromatic rings. The van der Waals surface area contributed by atoms with E-state index >= 15 is 0 Å². The fraction of sp³-hybridized carbons (Fsp3) is 0.556. The van der Waals surface area contributed by atoms with Crippen LogP contribution in [0.25, 0.3) is 0 Å². The van der Waals surface area contributed by atoms with E-state index in [1.54, 1.807) is 18.2 Å². The van der Waals surface area contributed by atoms with Gasteiger partial charge in [0.1, 0.15) is 6.04 Å². The molecule has 1 saturated carbocycles. The molecule has 1 aliphatic heterocycles. The zero-order valence-electron chi connectivity index (χ0n) is 14.6. The Morgan fingerprint density at radius 1 is 1.24 bits per heavy atom. The highest BCUT2D eigenvalue weighted by Crippen LogP contribution is 2.47. The van der Waals surface area contributed by atoms with Crippen molar-refractivity contribution in [3.8, 4) is 11.5 Å². The Labute approximate surface area is 147 Å². The molecule has 4 N–H and O–H groups in total. The SMILES string of the molecule is CCC(C)C(NC(N)=O)C(=O)Nc1ccc2c(c1)OC1(CCCC1)O2. The van der Waals surface area contributed by atoms with E-state index in [4.69, 9.17) is 15.2 Å². The lowest BCUT2D eigenvalue weighted by molar-refractivity contribution is -0.119. The number of carbonyl (C=O) groups excluding carboxylic acids is 2. The number of amides is 3. The van der Waals surface area contributed by atoms with Crippen LogP contribution in [0.5, 0.6) is 11.5 Å². The Morgan fingerprint density at radius 3 is 2.56 bits per heavy atom. The molecule has 1 aliphatic carbocycles. The zero-order valence-corrected chi connectivity index (χ0v) is 14.6. The van der Waals surface area contributed by atoms with E-state index in [0.717, 1.165) is 32.1 Å². The molecule has 3 rings (SSSR count). The van der Waals surface area contributed by atoms with E-state index in [-0.39, 0.29) is 11.8 Å².